The summed E-state index contributed by atoms with van der Waals surface area (Å²) in [7, 11) is 0. The van der Waals surface area contributed by atoms with E-state index in [0.717, 1.165) is 11.3 Å². The number of ether oxygens (including phenoxy) is 1. The first-order valence-electron chi connectivity index (χ1n) is 6.25. The van der Waals surface area contributed by atoms with Gasteiger partial charge in [0.1, 0.15) is 5.82 Å². The van der Waals surface area contributed by atoms with Crippen molar-refractivity contribution < 1.29 is 18.7 Å². The molecule has 0 fully saturated rings. The number of hydrogen-bond acceptors (Lipinski definition) is 5. The van der Waals surface area contributed by atoms with Crippen LogP contribution in [0, 0.1) is 5.82 Å². The Labute approximate surface area is 124 Å². The van der Waals surface area contributed by atoms with Crippen LogP contribution in [0.2, 0.25) is 0 Å². The van der Waals surface area contributed by atoms with Crippen molar-refractivity contribution in [2.24, 2.45) is 0 Å². The van der Waals surface area contributed by atoms with E-state index in [1.54, 1.807) is 19.1 Å². The first-order chi connectivity index (χ1) is 10.1. The Kier molecular flexibility index (Phi) is 4.99. The highest BCUT2D eigenvalue weighted by atomic mass is 32.1. The minimum atomic E-state index is -0.528. The Morgan fingerprint density at radius 2 is 2.24 bits per heavy atom. The Bertz CT molecular complexity index is 657. The van der Waals surface area contributed by atoms with Gasteiger partial charge in [-0.05, 0) is 24.6 Å². The summed E-state index contributed by atoms with van der Waals surface area (Å²) in [6, 6.07) is 5.81. The van der Waals surface area contributed by atoms with E-state index in [2.05, 4.69) is 10.3 Å². The van der Waals surface area contributed by atoms with Crippen LogP contribution in [0.15, 0.2) is 29.6 Å². The molecule has 0 spiro atoms. The van der Waals surface area contributed by atoms with Crippen molar-refractivity contribution >= 4 is 28.3 Å². The van der Waals surface area contributed by atoms with E-state index >= 15 is 0 Å². The van der Waals surface area contributed by atoms with Crippen molar-refractivity contribution in [2.45, 2.75) is 13.3 Å². The van der Waals surface area contributed by atoms with E-state index in [0.29, 0.717) is 10.7 Å². The number of carbonyl (C=O) groups is 2. The molecule has 1 N–H and O–H groups in total. The van der Waals surface area contributed by atoms with Crippen LogP contribution < -0.4 is 5.32 Å². The topological polar surface area (TPSA) is 68.3 Å². The molecule has 0 unspecified atom stereocenters. The molecule has 7 heteroatoms. The fourth-order valence-electron chi connectivity index (χ4n) is 1.63. The zero-order chi connectivity index (χ0) is 15.2. The van der Waals surface area contributed by atoms with Gasteiger partial charge >= 0.3 is 5.97 Å². The van der Waals surface area contributed by atoms with Gasteiger partial charge in [-0.1, -0.05) is 12.1 Å². The first-order valence-corrected chi connectivity index (χ1v) is 7.13. The number of thiazole rings is 1. The van der Waals surface area contributed by atoms with Gasteiger partial charge in [-0.15, -0.1) is 11.3 Å². The molecule has 0 saturated heterocycles. The number of benzene rings is 1. The van der Waals surface area contributed by atoms with Crippen LogP contribution >= 0.6 is 11.3 Å². The lowest BCUT2D eigenvalue weighted by atomic mass is 10.1. The van der Waals surface area contributed by atoms with Crippen molar-refractivity contribution in [3.05, 3.63) is 46.7 Å². The molecule has 0 aliphatic rings. The molecule has 2 rings (SSSR count). The minimum Gasteiger partial charge on any atom is -0.461 e. The maximum Gasteiger partial charge on any atom is 0.357 e. The van der Waals surface area contributed by atoms with E-state index < -0.39 is 5.97 Å². The van der Waals surface area contributed by atoms with Crippen LogP contribution in [-0.4, -0.2) is 23.5 Å². The first kappa shape index (κ1) is 15.1. The molecule has 1 amide bonds. The summed E-state index contributed by atoms with van der Waals surface area (Å²) in [5.74, 6) is -1.25. The Morgan fingerprint density at radius 3 is 2.95 bits per heavy atom. The van der Waals surface area contributed by atoms with Gasteiger partial charge in [-0.2, -0.15) is 0 Å². The average molecular weight is 308 g/mol. The minimum absolute atomic E-state index is 0.0338. The number of esters is 1. The molecule has 1 aromatic heterocycles. The highest BCUT2D eigenvalue weighted by Gasteiger charge is 2.13. The summed E-state index contributed by atoms with van der Waals surface area (Å²) in [5.41, 5.74) is 0.720. The van der Waals surface area contributed by atoms with Gasteiger partial charge in [-0.3, -0.25) is 4.79 Å². The molecule has 0 saturated carbocycles. The van der Waals surface area contributed by atoms with E-state index in [-0.39, 0.29) is 30.4 Å². The van der Waals surface area contributed by atoms with Crippen LogP contribution in [0.25, 0.3) is 0 Å². The predicted molar refractivity (Wildman–Crippen MR) is 76.8 cm³/mol. The number of nitrogens with zero attached hydrogens (tertiary/aromatic N) is 1. The normalized spacial score (nSPS) is 10.2. The van der Waals surface area contributed by atoms with Crippen LogP contribution in [0.3, 0.4) is 0 Å². The molecule has 110 valence electrons. The lowest BCUT2D eigenvalue weighted by molar-refractivity contribution is -0.115. The number of rotatable bonds is 5. The molecule has 1 heterocycles. The molecule has 0 aliphatic heterocycles. The number of amides is 1. The molecular formula is C14H13FN2O3S. The van der Waals surface area contributed by atoms with Gasteiger partial charge < -0.3 is 10.1 Å². The molecule has 0 aliphatic carbocycles. The van der Waals surface area contributed by atoms with Gasteiger partial charge in [0.25, 0.3) is 0 Å². The second-order valence-corrected chi connectivity index (χ2v) is 4.97. The van der Waals surface area contributed by atoms with E-state index in [1.165, 1.54) is 17.5 Å². The van der Waals surface area contributed by atoms with Gasteiger partial charge in [0.2, 0.25) is 5.91 Å². The fraction of sp³-hybridized carbons (Fsp3) is 0.214. The maximum absolute atomic E-state index is 13.0. The number of anilines is 1. The van der Waals surface area contributed by atoms with Crippen LogP contribution in [-0.2, 0) is 16.0 Å². The third-order valence-corrected chi connectivity index (χ3v) is 3.25. The molecule has 1 aromatic carbocycles. The Balaban J connectivity index is 1.95. The highest BCUT2D eigenvalue weighted by Crippen LogP contribution is 2.16. The largest absolute Gasteiger partial charge is 0.461 e. The van der Waals surface area contributed by atoms with Crippen LogP contribution in [0.5, 0.6) is 0 Å². The van der Waals surface area contributed by atoms with Crippen molar-refractivity contribution in [1.29, 1.82) is 0 Å². The zero-order valence-corrected chi connectivity index (χ0v) is 12.1. The summed E-state index contributed by atoms with van der Waals surface area (Å²) in [4.78, 5) is 27.2. The summed E-state index contributed by atoms with van der Waals surface area (Å²) in [6.07, 6.45) is 0.0338. The number of hydrogen-bond donors (Lipinski definition) is 1. The van der Waals surface area contributed by atoms with Crippen molar-refractivity contribution in [3.8, 4) is 0 Å². The summed E-state index contributed by atoms with van der Waals surface area (Å²) >= 11 is 1.13. The number of nitrogens with one attached hydrogen (secondary N) is 1. The molecule has 21 heavy (non-hydrogen) atoms. The zero-order valence-electron chi connectivity index (χ0n) is 11.3. The Morgan fingerprint density at radius 1 is 1.43 bits per heavy atom. The average Bonchev–Trinajstić information content (AvgIpc) is 2.87. The summed E-state index contributed by atoms with van der Waals surface area (Å²) < 4.78 is 17.8. The van der Waals surface area contributed by atoms with Crippen molar-refractivity contribution in [3.63, 3.8) is 0 Å². The molecule has 0 bridgehead atoms. The van der Waals surface area contributed by atoms with Gasteiger partial charge in [0, 0.05) is 5.38 Å². The van der Waals surface area contributed by atoms with E-state index in [4.69, 9.17) is 4.74 Å². The quantitative estimate of drug-likeness (QED) is 0.862. The van der Waals surface area contributed by atoms with Gasteiger partial charge in [0.15, 0.2) is 10.8 Å². The third-order valence-electron chi connectivity index (χ3n) is 2.49. The highest BCUT2D eigenvalue weighted by molar-refractivity contribution is 7.14. The predicted octanol–water partition coefficient (Wildman–Crippen LogP) is 2.64. The number of aromatic nitrogens is 1. The van der Waals surface area contributed by atoms with Crippen molar-refractivity contribution in [2.75, 3.05) is 11.9 Å². The summed E-state index contributed by atoms with van der Waals surface area (Å²) in [6.45, 7) is 1.96. The maximum atomic E-state index is 13.0. The summed E-state index contributed by atoms with van der Waals surface area (Å²) in [5, 5.41) is 4.38. The second-order valence-electron chi connectivity index (χ2n) is 4.11. The lowest BCUT2D eigenvalue weighted by Crippen LogP contribution is -2.14. The number of halogens is 1. The molecule has 0 atom stereocenters. The molecule has 0 radical (unpaired) electrons. The molecule has 2 aromatic rings. The second kappa shape index (κ2) is 6.94. The Hall–Kier alpha value is -2.28. The lowest BCUT2D eigenvalue weighted by Gasteiger charge is -2.02. The monoisotopic (exact) mass is 308 g/mol. The van der Waals surface area contributed by atoms with E-state index in [1.807, 2.05) is 0 Å². The fourth-order valence-corrected chi connectivity index (χ4v) is 2.32. The smallest absolute Gasteiger partial charge is 0.357 e. The third kappa shape index (κ3) is 4.35. The van der Waals surface area contributed by atoms with E-state index in [9.17, 15) is 14.0 Å². The van der Waals surface area contributed by atoms with Crippen LogP contribution in [0.1, 0.15) is 23.0 Å². The van der Waals surface area contributed by atoms with Gasteiger partial charge in [-0.25, -0.2) is 14.2 Å². The van der Waals surface area contributed by atoms with Gasteiger partial charge in [0.05, 0.1) is 13.0 Å². The van der Waals surface area contributed by atoms with Crippen molar-refractivity contribution in [1.82, 2.24) is 4.98 Å². The molecular weight excluding hydrogens is 295 g/mol. The van der Waals surface area contributed by atoms with Crippen LogP contribution in [0.4, 0.5) is 9.52 Å². The standard InChI is InChI=1S/C14H13FN2O3S/c1-2-20-13(19)11-8-21-14(16-11)17-12(18)7-9-4-3-5-10(15)6-9/h3-6,8H,2,7H2,1H3,(H,16,17,18). The molecule has 5 nitrogen and oxygen atoms in total. The SMILES string of the molecule is CCOC(=O)c1csc(NC(=O)Cc2cccc(F)c2)n1. The number of carbonyl (C=O) groups excluding carboxylic acids is 2.